The molecule has 1 unspecified atom stereocenters. The third kappa shape index (κ3) is 4.05. The van der Waals surface area contributed by atoms with Crippen molar-refractivity contribution >= 4 is 35.4 Å². The van der Waals surface area contributed by atoms with Crippen molar-refractivity contribution in [3.8, 4) is 0 Å². The predicted octanol–water partition coefficient (Wildman–Crippen LogP) is 2.65. The van der Waals surface area contributed by atoms with Gasteiger partial charge < -0.3 is 15.7 Å². The molecule has 20 heavy (non-hydrogen) atoms. The highest BCUT2D eigenvalue weighted by atomic mass is 35.5. The molecular formula is C13H15ClN2O3S. The van der Waals surface area contributed by atoms with Crippen LogP contribution in [0.3, 0.4) is 0 Å². The number of hydrogen-bond acceptors (Lipinski definition) is 3. The first-order valence-electron chi connectivity index (χ1n) is 6.24. The highest BCUT2D eigenvalue weighted by Crippen LogP contribution is 2.37. The maximum absolute atomic E-state index is 11.7. The number of carbonyl (C=O) groups is 2. The summed E-state index contributed by atoms with van der Waals surface area (Å²) in [6, 6.07) is 5.22. The summed E-state index contributed by atoms with van der Waals surface area (Å²) in [5, 5.41) is 14.6. The largest absolute Gasteiger partial charge is 0.481 e. The zero-order valence-corrected chi connectivity index (χ0v) is 12.3. The Morgan fingerprint density at radius 2 is 2.25 bits per heavy atom. The Morgan fingerprint density at radius 3 is 3.00 bits per heavy atom. The third-order valence-corrected chi connectivity index (χ3v) is 4.30. The second-order valence-corrected chi connectivity index (χ2v) is 5.99. The molecule has 3 N–H and O–H groups in total. The number of amides is 2. The van der Waals surface area contributed by atoms with Crippen LogP contribution in [0.15, 0.2) is 23.1 Å². The lowest BCUT2D eigenvalue weighted by Gasteiger charge is -2.26. The Kier molecular flexibility index (Phi) is 5.14. The minimum Gasteiger partial charge on any atom is -0.481 e. The lowest BCUT2D eigenvalue weighted by atomic mass is 10.0. The average Bonchev–Trinajstić information content (AvgIpc) is 2.39. The highest BCUT2D eigenvalue weighted by molar-refractivity contribution is 7.99. The summed E-state index contributed by atoms with van der Waals surface area (Å²) in [7, 11) is 0. The van der Waals surface area contributed by atoms with Crippen molar-refractivity contribution < 1.29 is 14.7 Å². The lowest BCUT2D eigenvalue weighted by Crippen LogP contribution is -2.39. The van der Waals surface area contributed by atoms with Gasteiger partial charge in [0.1, 0.15) is 0 Å². The van der Waals surface area contributed by atoms with Crippen molar-refractivity contribution in [1.82, 2.24) is 10.6 Å². The predicted molar refractivity (Wildman–Crippen MR) is 78.3 cm³/mol. The first-order valence-corrected chi connectivity index (χ1v) is 7.61. The molecule has 2 rings (SSSR count). The van der Waals surface area contributed by atoms with Crippen LogP contribution in [-0.2, 0) is 4.79 Å². The van der Waals surface area contributed by atoms with Gasteiger partial charge in [0, 0.05) is 22.2 Å². The summed E-state index contributed by atoms with van der Waals surface area (Å²) in [6.45, 7) is 0.116. The zero-order valence-electron chi connectivity index (χ0n) is 10.7. The minimum absolute atomic E-state index is 0.0870. The van der Waals surface area contributed by atoms with Gasteiger partial charge in [-0.3, -0.25) is 4.79 Å². The Labute approximate surface area is 126 Å². The molecule has 0 fully saturated rings. The van der Waals surface area contributed by atoms with Crippen molar-refractivity contribution in [1.29, 1.82) is 0 Å². The van der Waals surface area contributed by atoms with Crippen molar-refractivity contribution in [3.63, 3.8) is 0 Å². The van der Waals surface area contributed by atoms with Gasteiger partial charge >= 0.3 is 12.0 Å². The fourth-order valence-corrected chi connectivity index (χ4v) is 3.29. The van der Waals surface area contributed by atoms with Gasteiger partial charge in [-0.15, -0.1) is 11.8 Å². The maximum Gasteiger partial charge on any atom is 0.315 e. The van der Waals surface area contributed by atoms with Gasteiger partial charge in [0.2, 0.25) is 0 Å². The van der Waals surface area contributed by atoms with Crippen molar-refractivity contribution in [2.24, 2.45) is 0 Å². The Bertz CT molecular complexity index is 524. The molecule has 1 aliphatic heterocycles. The van der Waals surface area contributed by atoms with E-state index in [0.29, 0.717) is 5.02 Å². The molecule has 7 heteroatoms. The number of benzene rings is 1. The van der Waals surface area contributed by atoms with E-state index in [4.69, 9.17) is 16.7 Å². The molecule has 0 saturated carbocycles. The number of urea groups is 1. The molecule has 1 aromatic carbocycles. The van der Waals surface area contributed by atoms with Gasteiger partial charge in [0.25, 0.3) is 0 Å². The second-order valence-electron chi connectivity index (χ2n) is 4.42. The number of hydrogen-bond donors (Lipinski definition) is 3. The summed E-state index contributed by atoms with van der Waals surface area (Å²) in [5.74, 6) is -0.00850. The van der Waals surface area contributed by atoms with E-state index in [1.807, 2.05) is 18.2 Å². The first kappa shape index (κ1) is 15.0. The van der Waals surface area contributed by atoms with E-state index in [2.05, 4.69) is 10.6 Å². The SMILES string of the molecule is O=C(O)CCNC(=O)NC1CCSc2ccc(Cl)cc21. The van der Waals surface area contributed by atoms with E-state index < -0.39 is 5.97 Å². The number of carboxylic acids is 1. The summed E-state index contributed by atoms with van der Waals surface area (Å²) < 4.78 is 0. The molecule has 5 nitrogen and oxygen atoms in total. The fraction of sp³-hybridized carbons (Fsp3) is 0.385. The highest BCUT2D eigenvalue weighted by Gasteiger charge is 2.22. The fourth-order valence-electron chi connectivity index (χ4n) is 2.01. The average molecular weight is 315 g/mol. The number of carboxylic acid groups (broad SMARTS) is 1. The molecule has 2 amide bonds. The van der Waals surface area contributed by atoms with E-state index in [-0.39, 0.29) is 25.0 Å². The molecule has 1 atom stereocenters. The van der Waals surface area contributed by atoms with Crippen LogP contribution in [0.2, 0.25) is 5.02 Å². The normalized spacial score (nSPS) is 17.1. The third-order valence-electron chi connectivity index (χ3n) is 2.94. The minimum atomic E-state index is -0.934. The van der Waals surface area contributed by atoms with Crippen molar-refractivity contribution in [2.75, 3.05) is 12.3 Å². The maximum atomic E-state index is 11.7. The number of aliphatic carboxylic acids is 1. The molecule has 1 aromatic rings. The molecular weight excluding hydrogens is 300 g/mol. The Balaban J connectivity index is 1.96. The van der Waals surface area contributed by atoms with E-state index >= 15 is 0 Å². The number of halogens is 1. The quantitative estimate of drug-likeness (QED) is 0.798. The summed E-state index contributed by atoms with van der Waals surface area (Å²) >= 11 is 7.74. The Hall–Kier alpha value is -1.40. The van der Waals surface area contributed by atoms with Crippen LogP contribution in [0.5, 0.6) is 0 Å². The molecule has 0 aromatic heterocycles. The number of carbonyl (C=O) groups excluding carboxylic acids is 1. The molecule has 1 aliphatic rings. The number of nitrogens with one attached hydrogen (secondary N) is 2. The molecule has 0 aliphatic carbocycles. The van der Waals surface area contributed by atoms with Crippen molar-refractivity contribution in [3.05, 3.63) is 28.8 Å². The van der Waals surface area contributed by atoms with E-state index in [0.717, 1.165) is 22.6 Å². The molecule has 0 bridgehead atoms. The molecule has 108 valence electrons. The summed E-state index contributed by atoms with van der Waals surface area (Å²) in [6.07, 6.45) is 0.737. The van der Waals surface area contributed by atoms with Gasteiger partial charge in [-0.25, -0.2) is 4.79 Å². The summed E-state index contributed by atoms with van der Waals surface area (Å²) in [4.78, 5) is 23.2. The first-order chi connectivity index (χ1) is 9.56. The van der Waals surface area contributed by atoms with E-state index in [1.54, 1.807) is 11.8 Å². The van der Waals surface area contributed by atoms with Crippen LogP contribution in [0, 0.1) is 0 Å². The van der Waals surface area contributed by atoms with Crippen LogP contribution < -0.4 is 10.6 Å². The second kappa shape index (κ2) is 6.85. The smallest absolute Gasteiger partial charge is 0.315 e. The topological polar surface area (TPSA) is 78.4 Å². The van der Waals surface area contributed by atoms with Crippen LogP contribution in [-0.4, -0.2) is 29.4 Å². The van der Waals surface area contributed by atoms with Gasteiger partial charge in [-0.1, -0.05) is 11.6 Å². The van der Waals surface area contributed by atoms with Crippen molar-refractivity contribution in [2.45, 2.75) is 23.8 Å². The number of fused-ring (bicyclic) bond motifs is 1. The monoisotopic (exact) mass is 314 g/mol. The summed E-state index contributed by atoms with van der Waals surface area (Å²) in [5.41, 5.74) is 1.02. The lowest BCUT2D eigenvalue weighted by molar-refractivity contribution is -0.136. The van der Waals surface area contributed by atoms with E-state index in [1.165, 1.54) is 0 Å². The van der Waals surface area contributed by atoms with Crippen LogP contribution in [0.1, 0.15) is 24.4 Å². The standard InChI is InChI=1S/C13H15ClN2O3S/c14-8-1-2-11-9(7-8)10(4-6-20-11)16-13(19)15-5-3-12(17)18/h1-2,7,10H,3-6H2,(H,17,18)(H2,15,16,19). The molecule has 1 heterocycles. The Morgan fingerprint density at radius 1 is 1.45 bits per heavy atom. The molecule has 0 radical (unpaired) electrons. The van der Waals surface area contributed by atoms with Gasteiger partial charge in [0.15, 0.2) is 0 Å². The van der Waals surface area contributed by atoms with Crippen LogP contribution in [0.4, 0.5) is 4.79 Å². The van der Waals surface area contributed by atoms with Gasteiger partial charge in [0.05, 0.1) is 12.5 Å². The number of rotatable bonds is 4. The van der Waals surface area contributed by atoms with E-state index in [9.17, 15) is 9.59 Å². The molecule has 0 spiro atoms. The van der Waals surface area contributed by atoms with Crippen LogP contribution >= 0.6 is 23.4 Å². The van der Waals surface area contributed by atoms with Gasteiger partial charge in [-0.2, -0.15) is 0 Å². The van der Waals surface area contributed by atoms with Crippen LogP contribution in [0.25, 0.3) is 0 Å². The molecule has 0 saturated heterocycles. The van der Waals surface area contributed by atoms with Gasteiger partial charge in [-0.05, 0) is 30.2 Å². The zero-order chi connectivity index (χ0) is 14.5. The number of thioether (sulfide) groups is 1.